The Balaban J connectivity index is 1.98. The maximum atomic E-state index is 12.9. The van der Waals surface area contributed by atoms with Crippen molar-refractivity contribution in [2.24, 2.45) is 29.6 Å². The average molecular weight is 331 g/mol. The molecular weight excluding hydrogens is 302 g/mol. The SMILES string of the molecule is C=C1CCC2C(C1=O)C(=O)C(=C)C1C(C)CC(CO)(NC)CCC21. The summed E-state index contributed by atoms with van der Waals surface area (Å²) in [6.45, 7) is 10.2. The zero-order valence-electron chi connectivity index (χ0n) is 14.8. The van der Waals surface area contributed by atoms with Gasteiger partial charge in [-0.1, -0.05) is 20.1 Å². The van der Waals surface area contributed by atoms with Crippen molar-refractivity contribution in [1.82, 2.24) is 5.32 Å². The van der Waals surface area contributed by atoms with Crippen LogP contribution in [0.25, 0.3) is 0 Å². The maximum Gasteiger partial charge on any atom is 0.169 e. The topological polar surface area (TPSA) is 66.4 Å². The Hall–Kier alpha value is -1.26. The molecular formula is C20H29NO3. The minimum absolute atomic E-state index is 0.0556. The molecule has 0 heterocycles. The van der Waals surface area contributed by atoms with E-state index in [4.69, 9.17) is 0 Å². The van der Waals surface area contributed by atoms with E-state index < -0.39 is 5.92 Å². The third-order valence-corrected chi connectivity index (χ3v) is 6.97. The van der Waals surface area contributed by atoms with Crippen LogP contribution in [0.3, 0.4) is 0 Å². The summed E-state index contributed by atoms with van der Waals surface area (Å²) >= 11 is 0. The van der Waals surface area contributed by atoms with E-state index >= 15 is 0 Å². The van der Waals surface area contributed by atoms with Gasteiger partial charge in [0.25, 0.3) is 0 Å². The van der Waals surface area contributed by atoms with Crippen molar-refractivity contribution < 1.29 is 14.7 Å². The second-order valence-corrected chi connectivity index (χ2v) is 8.14. The number of rotatable bonds is 2. The van der Waals surface area contributed by atoms with Crippen molar-refractivity contribution >= 4 is 11.6 Å². The lowest BCUT2D eigenvalue weighted by Gasteiger charge is -2.46. The molecule has 3 saturated carbocycles. The molecule has 3 aliphatic carbocycles. The number of likely N-dealkylation sites (N-methyl/N-ethyl adjacent to an activating group) is 1. The van der Waals surface area contributed by atoms with Crippen LogP contribution >= 0.6 is 0 Å². The van der Waals surface area contributed by atoms with Crippen molar-refractivity contribution in [1.29, 1.82) is 0 Å². The minimum Gasteiger partial charge on any atom is -0.394 e. The molecule has 0 spiro atoms. The molecule has 0 aliphatic heterocycles. The van der Waals surface area contributed by atoms with E-state index in [2.05, 4.69) is 25.4 Å². The average Bonchev–Trinajstić information content (AvgIpc) is 2.72. The first-order valence-electron chi connectivity index (χ1n) is 9.10. The summed E-state index contributed by atoms with van der Waals surface area (Å²) in [5.74, 6) is 0.126. The Morgan fingerprint density at radius 2 is 1.92 bits per heavy atom. The number of ketones is 2. The fourth-order valence-corrected chi connectivity index (χ4v) is 5.61. The zero-order chi connectivity index (χ0) is 17.6. The molecule has 3 aliphatic rings. The van der Waals surface area contributed by atoms with Crippen molar-refractivity contribution in [3.05, 3.63) is 24.3 Å². The highest BCUT2D eigenvalue weighted by molar-refractivity contribution is 6.16. The monoisotopic (exact) mass is 331 g/mol. The fourth-order valence-electron chi connectivity index (χ4n) is 5.61. The van der Waals surface area contributed by atoms with Gasteiger partial charge in [-0.15, -0.1) is 0 Å². The zero-order valence-corrected chi connectivity index (χ0v) is 14.8. The molecule has 4 heteroatoms. The van der Waals surface area contributed by atoms with E-state index in [0.29, 0.717) is 23.5 Å². The number of carbonyl (C=O) groups excluding carboxylic acids is 2. The molecule has 0 aromatic carbocycles. The number of allylic oxidation sites excluding steroid dienone is 2. The number of carbonyl (C=O) groups is 2. The molecule has 4 nitrogen and oxygen atoms in total. The van der Waals surface area contributed by atoms with Crippen LogP contribution in [0.1, 0.15) is 39.0 Å². The minimum atomic E-state index is -0.552. The van der Waals surface area contributed by atoms with Crippen LogP contribution in [-0.2, 0) is 9.59 Å². The lowest BCUT2D eigenvalue weighted by atomic mass is 9.56. The standard InChI is InChI=1S/C20H29NO3/c1-11-5-6-14-15-7-8-20(10-22,21-4)9-12(2)16(15)13(3)19(24)17(14)18(11)23/h12,14-17,21-22H,1,3,5-10H2,2,4H3. The Bertz CT molecular complexity index is 590. The van der Waals surface area contributed by atoms with Gasteiger partial charge in [0.05, 0.1) is 12.5 Å². The largest absolute Gasteiger partial charge is 0.394 e. The highest BCUT2D eigenvalue weighted by Crippen LogP contribution is 2.53. The van der Waals surface area contributed by atoms with E-state index in [-0.39, 0.29) is 41.5 Å². The van der Waals surface area contributed by atoms with Crippen molar-refractivity contribution in [2.75, 3.05) is 13.7 Å². The quantitative estimate of drug-likeness (QED) is 0.602. The first kappa shape index (κ1) is 17.6. The van der Waals surface area contributed by atoms with Crippen LogP contribution in [0.4, 0.5) is 0 Å². The van der Waals surface area contributed by atoms with Gasteiger partial charge in [-0.25, -0.2) is 0 Å². The molecule has 6 atom stereocenters. The van der Waals surface area contributed by atoms with E-state index in [1.54, 1.807) is 0 Å². The number of fused-ring (bicyclic) bond motifs is 3. The first-order chi connectivity index (χ1) is 11.3. The molecule has 0 saturated heterocycles. The highest BCUT2D eigenvalue weighted by atomic mass is 16.3. The van der Waals surface area contributed by atoms with Crippen LogP contribution < -0.4 is 5.32 Å². The number of hydrogen-bond acceptors (Lipinski definition) is 4. The van der Waals surface area contributed by atoms with Gasteiger partial charge in [0, 0.05) is 5.54 Å². The van der Waals surface area contributed by atoms with E-state index in [1.165, 1.54) is 0 Å². The molecule has 2 N–H and O–H groups in total. The van der Waals surface area contributed by atoms with Crippen LogP contribution in [-0.4, -0.2) is 35.9 Å². The number of nitrogens with one attached hydrogen (secondary N) is 1. The van der Waals surface area contributed by atoms with Crippen molar-refractivity contribution in [3.8, 4) is 0 Å². The van der Waals surface area contributed by atoms with Crippen molar-refractivity contribution in [2.45, 2.75) is 44.6 Å². The van der Waals surface area contributed by atoms with Crippen molar-refractivity contribution in [3.63, 3.8) is 0 Å². The molecule has 0 bridgehead atoms. The predicted octanol–water partition coefficient (Wildman–Crippen LogP) is 2.28. The van der Waals surface area contributed by atoms with Crippen LogP contribution in [0, 0.1) is 29.6 Å². The van der Waals surface area contributed by atoms with Gasteiger partial charge in [0.2, 0.25) is 0 Å². The smallest absolute Gasteiger partial charge is 0.169 e. The Morgan fingerprint density at radius 1 is 1.21 bits per heavy atom. The lowest BCUT2D eigenvalue weighted by molar-refractivity contribution is -0.137. The van der Waals surface area contributed by atoms with E-state index in [1.807, 2.05) is 7.05 Å². The molecule has 6 unspecified atom stereocenters. The van der Waals surface area contributed by atoms with E-state index in [0.717, 1.165) is 25.7 Å². The van der Waals surface area contributed by atoms with E-state index in [9.17, 15) is 14.7 Å². The van der Waals surface area contributed by atoms with Gasteiger partial charge in [-0.2, -0.15) is 0 Å². The van der Waals surface area contributed by atoms with Crippen LogP contribution in [0.2, 0.25) is 0 Å². The van der Waals surface area contributed by atoms with Gasteiger partial charge >= 0.3 is 0 Å². The van der Waals surface area contributed by atoms with Gasteiger partial charge in [-0.05, 0) is 74.0 Å². The second kappa shape index (κ2) is 6.23. The van der Waals surface area contributed by atoms with Gasteiger partial charge in [0.1, 0.15) is 0 Å². The van der Waals surface area contributed by atoms with Crippen LogP contribution in [0.5, 0.6) is 0 Å². The summed E-state index contributed by atoms with van der Waals surface area (Å²) in [5, 5.41) is 13.2. The Morgan fingerprint density at radius 3 is 2.54 bits per heavy atom. The second-order valence-electron chi connectivity index (χ2n) is 8.14. The molecule has 0 aromatic heterocycles. The highest BCUT2D eigenvalue weighted by Gasteiger charge is 2.54. The molecule has 132 valence electrons. The summed E-state index contributed by atoms with van der Waals surface area (Å²) in [4.78, 5) is 25.5. The number of aliphatic hydroxyl groups excluding tert-OH is 1. The number of aliphatic hydroxyl groups is 1. The Kier molecular flexibility index (Phi) is 4.56. The molecule has 0 radical (unpaired) electrons. The summed E-state index contributed by atoms with van der Waals surface area (Å²) in [6.07, 6.45) is 4.18. The number of hydrogen-bond donors (Lipinski definition) is 2. The van der Waals surface area contributed by atoms with Gasteiger partial charge in [0.15, 0.2) is 11.6 Å². The normalized spacial score (nSPS) is 43.2. The fraction of sp³-hybridized carbons (Fsp3) is 0.700. The maximum absolute atomic E-state index is 12.9. The molecule has 3 fully saturated rings. The summed E-state index contributed by atoms with van der Waals surface area (Å²) in [5.41, 5.74) is 0.928. The lowest BCUT2D eigenvalue weighted by Crippen LogP contribution is -2.49. The Labute approximate surface area is 144 Å². The molecule has 24 heavy (non-hydrogen) atoms. The summed E-state index contributed by atoms with van der Waals surface area (Å²) in [7, 11) is 1.90. The first-order valence-corrected chi connectivity index (χ1v) is 9.10. The van der Waals surface area contributed by atoms with Gasteiger partial charge < -0.3 is 10.4 Å². The van der Waals surface area contributed by atoms with Crippen LogP contribution in [0.15, 0.2) is 24.3 Å². The molecule has 0 aromatic rings. The third-order valence-electron chi connectivity index (χ3n) is 6.97. The third kappa shape index (κ3) is 2.51. The predicted molar refractivity (Wildman–Crippen MR) is 93.4 cm³/mol. The number of Topliss-reactive ketones (excluding diaryl/α,β-unsaturated/α-hetero) is 2. The van der Waals surface area contributed by atoms with Gasteiger partial charge in [-0.3, -0.25) is 9.59 Å². The summed E-state index contributed by atoms with van der Waals surface area (Å²) < 4.78 is 0. The summed E-state index contributed by atoms with van der Waals surface area (Å²) in [6, 6.07) is 0. The molecule has 0 amide bonds. The molecule has 3 rings (SSSR count).